The number of carbonyl (C=O) groups is 1. The summed E-state index contributed by atoms with van der Waals surface area (Å²) in [5.74, 6) is 0.0346. The van der Waals surface area contributed by atoms with E-state index in [-0.39, 0.29) is 0 Å². The molecular formula is C18H26BrN7O2. The minimum atomic E-state index is -0.833. The van der Waals surface area contributed by atoms with Crippen LogP contribution in [0, 0.1) is 6.92 Å². The number of fused-ring (bicyclic) bond motifs is 3. The summed E-state index contributed by atoms with van der Waals surface area (Å²) in [6, 6.07) is 2.02. The predicted molar refractivity (Wildman–Crippen MR) is 113 cm³/mol. The third kappa shape index (κ3) is 4.93. The first-order valence-corrected chi connectivity index (χ1v) is 9.95. The van der Waals surface area contributed by atoms with Crippen LogP contribution in [0.2, 0.25) is 0 Å². The summed E-state index contributed by atoms with van der Waals surface area (Å²) in [4.78, 5) is 23.0. The van der Waals surface area contributed by atoms with Gasteiger partial charge in [-0.1, -0.05) is 13.8 Å². The number of carboxylic acids is 1. The normalized spacial score (nSPS) is 14.3. The molecule has 3 aromatic rings. The van der Waals surface area contributed by atoms with Crippen molar-refractivity contribution in [2.45, 2.75) is 27.7 Å². The average molecular weight is 452 g/mol. The van der Waals surface area contributed by atoms with Gasteiger partial charge in [0.1, 0.15) is 6.33 Å². The molecule has 0 aromatic carbocycles. The maximum atomic E-state index is 9.00. The summed E-state index contributed by atoms with van der Waals surface area (Å²) in [5.41, 5.74) is 3.35. The van der Waals surface area contributed by atoms with Crippen LogP contribution < -0.4 is 4.90 Å². The molecule has 1 fully saturated rings. The lowest BCUT2D eigenvalue weighted by Crippen LogP contribution is -2.45. The van der Waals surface area contributed by atoms with E-state index in [4.69, 9.17) is 14.9 Å². The first kappa shape index (κ1) is 22.0. The van der Waals surface area contributed by atoms with Crippen LogP contribution in [0.1, 0.15) is 26.5 Å². The number of aliphatic carboxylic acids is 1. The third-order valence-electron chi connectivity index (χ3n) is 4.13. The van der Waals surface area contributed by atoms with Crippen molar-refractivity contribution in [2.24, 2.45) is 0 Å². The fourth-order valence-corrected chi connectivity index (χ4v) is 3.07. The van der Waals surface area contributed by atoms with Crippen molar-refractivity contribution in [3.63, 3.8) is 0 Å². The van der Waals surface area contributed by atoms with Gasteiger partial charge >= 0.3 is 0 Å². The average Bonchev–Trinajstić information content (AvgIpc) is 3.14. The monoisotopic (exact) mass is 451 g/mol. The molecule has 152 valence electrons. The van der Waals surface area contributed by atoms with E-state index < -0.39 is 5.97 Å². The fourth-order valence-electron chi connectivity index (χ4n) is 2.76. The Hall–Kier alpha value is -2.33. The van der Waals surface area contributed by atoms with Crippen molar-refractivity contribution in [1.29, 1.82) is 0 Å². The lowest BCUT2D eigenvalue weighted by Gasteiger charge is -2.33. The molecule has 0 radical (unpaired) electrons. The lowest BCUT2D eigenvalue weighted by atomic mass is 10.3. The molecule has 0 atom stereocenters. The molecule has 0 saturated carbocycles. The first-order valence-electron chi connectivity index (χ1n) is 9.16. The summed E-state index contributed by atoms with van der Waals surface area (Å²) in [7, 11) is 2.14. The highest BCUT2D eigenvalue weighted by molar-refractivity contribution is 9.10. The molecule has 1 aliphatic heterocycles. The Morgan fingerprint density at radius 2 is 1.79 bits per heavy atom. The number of rotatable bonds is 1. The van der Waals surface area contributed by atoms with Crippen LogP contribution in [0.3, 0.4) is 0 Å². The smallest absolute Gasteiger partial charge is 0.300 e. The molecule has 4 rings (SSSR count). The molecule has 1 saturated heterocycles. The number of anilines is 1. The van der Waals surface area contributed by atoms with E-state index in [1.807, 2.05) is 31.2 Å². The molecule has 1 aliphatic rings. The molecule has 28 heavy (non-hydrogen) atoms. The van der Waals surface area contributed by atoms with E-state index in [1.54, 1.807) is 6.33 Å². The Morgan fingerprint density at radius 1 is 1.18 bits per heavy atom. The SMILES string of the molecule is CC.CC(=O)O.Cc1nc2nc(N3CCN(C)CC3)c3nncn3c2cc1Br. The largest absolute Gasteiger partial charge is 0.481 e. The van der Waals surface area contributed by atoms with Crippen LogP contribution in [-0.2, 0) is 4.79 Å². The predicted octanol–water partition coefficient (Wildman–Crippen LogP) is 2.61. The van der Waals surface area contributed by atoms with Gasteiger partial charge in [-0.15, -0.1) is 10.2 Å². The summed E-state index contributed by atoms with van der Waals surface area (Å²) >= 11 is 3.53. The minimum absolute atomic E-state index is 0.724. The Bertz CT molecular complexity index is 948. The number of pyridine rings is 1. The summed E-state index contributed by atoms with van der Waals surface area (Å²) in [6.07, 6.45) is 1.72. The molecule has 1 N–H and O–H groups in total. The van der Waals surface area contributed by atoms with Gasteiger partial charge in [0.15, 0.2) is 11.5 Å². The number of aromatic nitrogens is 5. The van der Waals surface area contributed by atoms with E-state index >= 15 is 0 Å². The number of nitrogens with zero attached hydrogens (tertiary/aromatic N) is 7. The van der Waals surface area contributed by atoms with Crippen molar-refractivity contribution >= 4 is 44.5 Å². The molecule has 9 nitrogen and oxygen atoms in total. The van der Waals surface area contributed by atoms with Gasteiger partial charge in [-0.3, -0.25) is 9.20 Å². The van der Waals surface area contributed by atoms with E-state index in [2.05, 4.69) is 48.0 Å². The van der Waals surface area contributed by atoms with Crippen molar-refractivity contribution in [2.75, 3.05) is 38.1 Å². The van der Waals surface area contributed by atoms with Crippen molar-refractivity contribution < 1.29 is 9.90 Å². The highest BCUT2D eigenvalue weighted by Crippen LogP contribution is 2.26. The van der Waals surface area contributed by atoms with Crippen LogP contribution in [0.15, 0.2) is 16.9 Å². The lowest BCUT2D eigenvalue weighted by molar-refractivity contribution is -0.134. The molecule has 0 aliphatic carbocycles. The van der Waals surface area contributed by atoms with E-state index in [9.17, 15) is 0 Å². The van der Waals surface area contributed by atoms with Crippen LogP contribution in [0.25, 0.3) is 16.8 Å². The van der Waals surface area contributed by atoms with Gasteiger partial charge in [0.25, 0.3) is 5.97 Å². The van der Waals surface area contributed by atoms with Gasteiger partial charge in [-0.2, -0.15) is 0 Å². The van der Waals surface area contributed by atoms with Crippen molar-refractivity contribution in [1.82, 2.24) is 29.5 Å². The highest BCUT2D eigenvalue weighted by atomic mass is 79.9. The van der Waals surface area contributed by atoms with E-state index in [0.717, 1.165) is 65.9 Å². The van der Waals surface area contributed by atoms with Crippen molar-refractivity contribution in [3.05, 3.63) is 22.6 Å². The molecular weight excluding hydrogens is 426 g/mol. The van der Waals surface area contributed by atoms with Crippen LogP contribution >= 0.6 is 15.9 Å². The number of carboxylic acid groups (broad SMARTS) is 1. The quantitative estimate of drug-likeness (QED) is 0.602. The summed E-state index contributed by atoms with van der Waals surface area (Å²) in [6.45, 7) is 11.0. The number of piperazine rings is 1. The molecule has 10 heteroatoms. The minimum Gasteiger partial charge on any atom is -0.481 e. The molecule has 0 spiro atoms. The van der Waals surface area contributed by atoms with E-state index in [0.29, 0.717) is 0 Å². The summed E-state index contributed by atoms with van der Waals surface area (Å²) in [5, 5.41) is 15.8. The highest BCUT2D eigenvalue weighted by Gasteiger charge is 2.21. The zero-order valence-corrected chi connectivity index (χ0v) is 18.4. The number of hydrogen-bond donors (Lipinski definition) is 1. The fraction of sp³-hybridized carbons (Fsp3) is 0.500. The molecule has 0 bridgehead atoms. The Morgan fingerprint density at radius 3 is 2.39 bits per heavy atom. The van der Waals surface area contributed by atoms with Gasteiger partial charge in [0.05, 0.1) is 11.2 Å². The second kappa shape index (κ2) is 9.74. The van der Waals surface area contributed by atoms with Crippen LogP contribution in [0.4, 0.5) is 5.82 Å². The maximum Gasteiger partial charge on any atom is 0.300 e. The third-order valence-corrected chi connectivity index (χ3v) is 4.94. The summed E-state index contributed by atoms with van der Waals surface area (Å²) < 4.78 is 2.93. The molecule has 3 aromatic heterocycles. The molecule has 0 unspecified atom stereocenters. The number of halogens is 1. The number of likely N-dealkylation sites (N-methyl/N-ethyl adjacent to an activating group) is 1. The zero-order chi connectivity index (χ0) is 20.8. The second-order valence-corrected chi connectivity index (χ2v) is 7.02. The van der Waals surface area contributed by atoms with Gasteiger partial charge in [0, 0.05) is 37.6 Å². The Labute approximate surface area is 172 Å². The Balaban J connectivity index is 0.000000419. The van der Waals surface area contributed by atoms with Crippen LogP contribution in [0.5, 0.6) is 0 Å². The van der Waals surface area contributed by atoms with Gasteiger partial charge < -0.3 is 14.9 Å². The molecule has 0 amide bonds. The van der Waals surface area contributed by atoms with Crippen LogP contribution in [-0.4, -0.2) is 73.8 Å². The molecule has 4 heterocycles. The number of aryl methyl sites for hydroxylation is 1. The van der Waals surface area contributed by atoms with Gasteiger partial charge in [0.2, 0.25) is 5.65 Å². The van der Waals surface area contributed by atoms with Gasteiger partial charge in [-0.25, -0.2) is 9.97 Å². The topological polar surface area (TPSA) is 99.7 Å². The maximum absolute atomic E-state index is 9.00. The zero-order valence-electron chi connectivity index (χ0n) is 16.8. The van der Waals surface area contributed by atoms with Crippen molar-refractivity contribution in [3.8, 4) is 0 Å². The standard InChI is InChI=1S/C14H16BrN7.C2H4O2.C2H6/c1-9-10(15)7-11-12(17-9)18-13(14-19-16-8-22(11)14)21-5-3-20(2)4-6-21;1-2(3)4;1-2/h7-8H,3-6H2,1-2H3;1H3,(H,3,4);1-2H3. The first-order chi connectivity index (χ1) is 13.4. The van der Waals surface area contributed by atoms with Gasteiger partial charge in [-0.05, 0) is 36.0 Å². The Kier molecular flexibility index (Phi) is 7.64. The number of hydrogen-bond acceptors (Lipinski definition) is 7. The van der Waals surface area contributed by atoms with E-state index in [1.165, 1.54) is 0 Å². The second-order valence-electron chi connectivity index (χ2n) is 6.17.